The summed E-state index contributed by atoms with van der Waals surface area (Å²) < 4.78 is 4.92. The molecule has 0 aliphatic heterocycles. The lowest BCUT2D eigenvalue weighted by molar-refractivity contribution is 0.0943. The summed E-state index contributed by atoms with van der Waals surface area (Å²) in [6, 6.07) is 3.84. The number of carbonyl (C=O) groups is 1. The third-order valence-corrected chi connectivity index (χ3v) is 2.89. The second-order valence-corrected chi connectivity index (χ2v) is 4.60. The second-order valence-electron chi connectivity index (χ2n) is 4.60. The van der Waals surface area contributed by atoms with Crippen LogP contribution in [0, 0.1) is 0 Å². The Morgan fingerprint density at radius 2 is 2.18 bits per heavy atom. The maximum Gasteiger partial charge on any atom is 0.271 e. The normalized spacial score (nSPS) is 10.2. The minimum Gasteiger partial charge on any atom is -0.385 e. The van der Waals surface area contributed by atoms with Gasteiger partial charge in [0.2, 0.25) is 0 Å². The molecule has 22 heavy (non-hydrogen) atoms. The van der Waals surface area contributed by atoms with Crippen LogP contribution in [0.5, 0.6) is 0 Å². The summed E-state index contributed by atoms with van der Waals surface area (Å²) in [5.74, 6) is 0.377. The number of ether oxygens (including phenoxy) is 1. The summed E-state index contributed by atoms with van der Waals surface area (Å²) in [4.78, 5) is 24.1. The third kappa shape index (κ3) is 5.10. The van der Waals surface area contributed by atoms with Gasteiger partial charge in [0.25, 0.3) is 5.91 Å². The van der Waals surface area contributed by atoms with Crippen LogP contribution < -0.4 is 10.6 Å². The molecule has 0 aromatic carbocycles. The van der Waals surface area contributed by atoms with E-state index in [0.717, 1.165) is 12.0 Å². The van der Waals surface area contributed by atoms with Crippen molar-refractivity contribution in [2.45, 2.75) is 13.0 Å². The molecule has 0 bridgehead atoms. The van der Waals surface area contributed by atoms with E-state index < -0.39 is 0 Å². The van der Waals surface area contributed by atoms with Crippen LogP contribution in [0.2, 0.25) is 0 Å². The van der Waals surface area contributed by atoms with Gasteiger partial charge in [0.15, 0.2) is 0 Å². The van der Waals surface area contributed by atoms with E-state index in [1.807, 2.05) is 12.1 Å². The van der Waals surface area contributed by atoms with Gasteiger partial charge in [0, 0.05) is 39.2 Å². The molecule has 116 valence electrons. The molecule has 0 aliphatic rings. The van der Waals surface area contributed by atoms with Crippen molar-refractivity contribution in [2.75, 3.05) is 25.6 Å². The minimum absolute atomic E-state index is 0.234. The predicted octanol–water partition coefficient (Wildman–Crippen LogP) is 1.25. The summed E-state index contributed by atoms with van der Waals surface area (Å²) in [6.07, 6.45) is 7.27. The molecule has 2 N–H and O–H groups in total. The number of nitrogens with one attached hydrogen (secondary N) is 2. The SMILES string of the molecule is COCCCNC(=O)c1cnc(NCc2cccnc2)cn1. The molecule has 0 aliphatic carbocycles. The first-order valence-corrected chi connectivity index (χ1v) is 7.01. The van der Waals surface area contributed by atoms with Crippen molar-refractivity contribution < 1.29 is 9.53 Å². The Bertz CT molecular complexity index is 574. The number of hydrogen-bond donors (Lipinski definition) is 2. The fourth-order valence-electron chi connectivity index (χ4n) is 1.74. The van der Waals surface area contributed by atoms with Gasteiger partial charge in [-0.2, -0.15) is 0 Å². The smallest absolute Gasteiger partial charge is 0.271 e. The molecule has 0 saturated carbocycles. The molecule has 2 rings (SSSR count). The predicted molar refractivity (Wildman–Crippen MR) is 82.4 cm³/mol. The van der Waals surface area contributed by atoms with E-state index in [-0.39, 0.29) is 5.91 Å². The Morgan fingerprint density at radius 1 is 1.27 bits per heavy atom. The number of aromatic nitrogens is 3. The van der Waals surface area contributed by atoms with Crippen LogP contribution in [0.15, 0.2) is 36.9 Å². The summed E-state index contributed by atoms with van der Waals surface area (Å²) in [5.41, 5.74) is 1.34. The highest BCUT2D eigenvalue weighted by Gasteiger charge is 2.07. The lowest BCUT2D eigenvalue weighted by atomic mass is 10.3. The summed E-state index contributed by atoms with van der Waals surface area (Å²) in [7, 11) is 1.63. The maximum atomic E-state index is 11.8. The lowest BCUT2D eigenvalue weighted by Crippen LogP contribution is -2.26. The largest absolute Gasteiger partial charge is 0.385 e. The van der Waals surface area contributed by atoms with Crippen LogP contribution in [0.1, 0.15) is 22.5 Å². The fraction of sp³-hybridized carbons (Fsp3) is 0.333. The van der Waals surface area contributed by atoms with Crippen molar-refractivity contribution in [2.24, 2.45) is 0 Å². The van der Waals surface area contributed by atoms with Crippen molar-refractivity contribution in [3.8, 4) is 0 Å². The van der Waals surface area contributed by atoms with Crippen LogP contribution >= 0.6 is 0 Å². The van der Waals surface area contributed by atoms with Gasteiger partial charge in [0.05, 0.1) is 12.4 Å². The molecule has 2 heterocycles. The zero-order valence-electron chi connectivity index (χ0n) is 12.5. The number of anilines is 1. The average Bonchev–Trinajstić information content (AvgIpc) is 2.58. The molecule has 7 heteroatoms. The topological polar surface area (TPSA) is 89.0 Å². The molecule has 0 spiro atoms. The molecular weight excluding hydrogens is 282 g/mol. The Hall–Kier alpha value is -2.54. The van der Waals surface area contributed by atoms with Crippen LogP contribution in [0.4, 0.5) is 5.82 Å². The number of methoxy groups -OCH3 is 1. The molecule has 0 saturated heterocycles. The summed E-state index contributed by atoms with van der Waals surface area (Å²) in [6.45, 7) is 1.77. The van der Waals surface area contributed by atoms with E-state index in [2.05, 4.69) is 25.6 Å². The highest BCUT2D eigenvalue weighted by molar-refractivity contribution is 5.91. The Morgan fingerprint density at radius 3 is 2.86 bits per heavy atom. The van der Waals surface area contributed by atoms with Gasteiger partial charge < -0.3 is 15.4 Å². The summed E-state index contributed by atoms with van der Waals surface area (Å²) in [5, 5.41) is 5.89. The zero-order chi connectivity index (χ0) is 15.6. The van der Waals surface area contributed by atoms with Crippen molar-refractivity contribution in [3.05, 3.63) is 48.2 Å². The van der Waals surface area contributed by atoms with E-state index in [1.54, 1.807) is 25.7 Å². The molecule has 0 unspecified atom stereocenters. The average molecular weight is 301 g/mol. The molecule has 0 atom stereocenters. The monoisotopic (exact) mass is 301 g/mol. The number of nitrogens with zero attached hydrogens (tertiary/aromatic N) is 3. The van der Waals surface area contributed by atoms with Crippen molar-refractivity contribution in [1.29, 1.82) is 0 Å². The minimum atomic E-state index is -0.234. The fourth-order valence-corrected chi connectivity index (χ4v) is 1.74. The van der Waals surface area contributed by atoms with E-state index >= 15 is 0 Å². The highest BCUT2D eigenvalue weighted by Crippen LogP contribution is 2.04. The quantitative estimate of drug-likeness (QED) is 0.713. The first-order valence-electron chi connectivity index (χ1n) is 7.01. The van der Waals surface area contributed by atoms with E-state index in [1.165, 1.54) is 6.20 Å². The molecule has 7 nitrogen and oxygen atoms in total. The number of rotatable bonds is 8. The lowest BCUT2D eigenvalue weighted by Gasteiger charge is -2.06. The van der Waals surface area contributed by atoms with Gasteiger partial charge >= 0.3 is 0 Å². The van der Waals surface area contributed by atoms with E-state index in [4.69, 9.17) is 4.74 Å². The van der Waals surface area contributed by atoms with Crippen molar-refractivity contribution in [3.63, 3.8) is 0 Å². The van der Waals surface area contributed by atoms with Gasteiger partial charge in [-0.1, -0.05) is 6.07 Å². The summed E-state index contributed by atoms with van der Waals surface area (Å²) >= 11 is 0. The zero-order valence-corrected chi connectivity index (χ0v) is 12.5. The number of pyridine rings is 1. The van der Waals surface area contributed by atoms with Crippen LogP contribution in [-0.4, -0.2) is 41.1 Å². The molecular formula is C15H19N5O2. The highest BCUT2D eigenvalue weighted by atomic mass is 16.5. The van der Waals surface area contributed by atoms with E-state index in [0.29, 0.717) is 31.2 Å². The molecule has 2 aromatic heterocycles. The Balaban J connectivity index is 1.81. The second kappa shape index (κ2) is 8.68. The Kier molecular flexibility index (Phi) is 6.25. The van der Waals surface area contributed by atoms with Crippen LogP contribution in [0.25, 0.3) is 0 Å². The standard InChI is InChI=1S/C15H19N5O2/c1-22-7-3-6-17-15(21)13-10-20-14(11-18-13)19-9-12-4-2-5-16-8-12/h2,4-5,8,10-11H,3,6-7,9H2,1H3,(H,17,21)(H,19,20). The van der Waals surface area contributed by atoms with Gasteiger partial charge in [-0.05, 0) is 18.1 Å². The molecule has 0 radical (unpaired) electrons. The van der Waals surface area contributed by atoms with Crippen LogP contribution in [0.3, 0.4) is 0 Å². The maximum absolute atomic E-state index is 11.8. The van der Waals surface area contributed by atoms with Crippen molar-refractivity contribution >= 4 is 11.7 Å². The molecule has 0 fully saturated rings. The van der Waals surface area contributed by atoms with Gasteiger partial charge in [-0.25, -0.2) is 9.97 Å². The first-order chi connectivity index (χ1) is 10.8. The van der Waals surface area contributed by atoms with Crippen LogP contribution in [-0.2, 0) is 11.3 Å². The van der Waals surface area contributed by atoms with Gasteiger partial charge in [-0.15, -0.1) is 0 Å². The number of amides is 1. The third-order valence-electron chi connectivity index (χ3n) is 2.89. The van der Waals surface area contributed by atoms with Crippen molar-refractivity contribution in [1.82, 2.24) is 20.3 Å². The van der Waals surface area contributed by atoms with Gasteiger partial charge in [-0.3, -0.25) is 9.78 Å². The first kappa shape index (κ1) is 15.8. The number of hydrogen-bond acceptors (Lipinski definition) is 6. The molecule has 2 aromatic rings. The Labute approximate surface area is 129 Å². The number of carbonyl (C=O) groups excluding carboxylic acids is 1. The van der Waals surface area contributed by atoms with E-state index in [9.17, 15) is 4.79 Å². The van der Waals surface area contributed by atoms with Gasteiger partial charge in [0.1, 0.15) is 11.5 Å². The molecule has 1 amide bonds.